The molecule has 4 rings (SSSR count). The molecule has 0 spiro atoms. The third-order valence-corrected chi connectivity index (χ3v) is 5.95. The van der Waals surface area contributed by atoms with Crippen LogP contribution >= 0.6 is 0 Å². The molecule has 2 unspecified atom stereocenters. The lowest BCUT2D eigenvalue weighted by molar-refractivity contribution is -0.135. The van der Waals surface area contributed by atoms with Crippen LogP contribution in [-0.2, 0) is 22.6 Å². The summed E-state index contributed by atoms with van der Waals surface area (Å²) in [5, 5.41) is 2.95. The zero-order valence-electron chi connectivity index (χ0n) is 15.9. The lowest BCUT2D eigenvalue weighted by atomic mass is 9.77. The first-order chi connectivity index (χ1) is 13.6. The van der Waals surface area contributed by atoms with Crippen LogP contribution in [0.3, 0.4) is 0 Å². The Balaban J connectivity index is 1.44. The van der Waals surface area contributed by atoms with Gasteiger partial charge < -0.3 is 10.2 Å². The molecule has 1 heterocycles. The number of halogens is 1. The van der Waals surface area contributed by atoms with Gasteiger partial charge in [0.1, 0.15) is 5.82 Å². The van der Waals surface area contributed by atoms with E-state index in [1.807, 2.05) is 23.1 Å². The average molecular weight is 380 g/mol. The van der Waals surface area contributed by atoms with E-state index in [2.05, 4.69) is 11.4 Å². The fourth-order valence-corrected chi connectivity index (χ4v) is 4.43. The quantitative estimate of drug-likeness (QED) is 0.876. The molecule has 5 heteroatoms. The highest BCUT2D eigenvalue weighted by Crippen LogP contribution is 2.35. The van der Waals surface area contributed by atoms with Gasteiger partial charge in [0, 0.05) is 24.7 Å². The molecule has 2 amide bonds. The Morgan fingerprint density at radius 2 is 1.71 bits per heavy atom. The highest BCUT2D eigenvalue weighted by molar-refractivity contribution is 5.99. The Labute approximate surface area is 164 Å². The molecule has 2 atom stereocenters. The van der Waals surface area contributed by atoms with E-state index in [9.17, 15) is 14.0 Å². The molecule has 1 aliphatic heterocycles. The van der Waals surface area contributed by atoms with E-state index in [0.717, 1.165) is 43.4 Å². The molecule has 0 saturated heterocycles. The van der Waals surface area contributed by atoms with Crippen molar-refractivity contribution >= 4 is 17.5 Å². The maximum atomic E-state index is 13.3. The van der Waals surface area contributed by atoms with Gasteiger partial charge in [0.2, 0.25) is 11.8 Å². The SMILES string of the molecule is O=C(NCc1ccc(F)cc1)C1CCCCC1C(=O)N1CCc2ccccc21. The molecular formula is C23H25FN2O2. The number of nitrogens with one attached hydrogen (secondary N) is 1. The van der Waals surface area contributed by atoms with Crippen LogP contribution in [0.15, 0.2) is 48.5 Å². The summed E-state index contributed by atoms with van der Waals surface area (Å²) in [7, 11) is 0. The molecule has 1 saturated carbocycles. The van der Waals surface area contributed by atoms with Crippen molar-refractivity contribution in [3.05, 3.63) is 65.5 Å². The predicted molar refractivity (Wildman–Crippen MR) is 106 cm³/mol. The number of hydrogen-bond donors (Lipinski definition) is 1. The number of hydrogen-bond acceptors (Lipinski definition) is 2. The zero-order chi connectivity index (χ0) is 19.5. The number of rotatable bonds is 4. The van der Waals surface area contributed by atoms with Crippen molar-refractivity contribution in [1.29, 1.82) is 0 Å². The number of nitrogens with zero attached hydrogens (tertiary/aromatic N) is 1. The molecule has 0 bridgehead atoms. The summed E-state index contributed by atoms with van der Waals surface area (Å²) < 4.78 is 13.0. The first-order valence-corrected chi connectivity index (χ1v) is 10.0. The van der Waals surface area contributed by atoms with Gasteiger partial charge in [-0.3, -0.25) is 9.59 Å². The van der Waals surface area contributed by atoms with Gasteiger partial charge in [-0.25, -0.2) is 4.39 Å². The third-order valence-electron chi connectivity index (χ3n) is 5.95. The molecule has 2 aromatic carbocycles. The van der Waals surface area contributed by atoms with Crippen molar-refractivity contribution in [3.8, 4) is 0 Å². The number of fused-ring (bicyclic) bond motifs is 1. The third kappa shape index (κ3) is 3.79. The minimum atomic E-state index is -0.297. The molecule has 4 nitrogen and oxygen atoms in total. The number of para-hydroxylation sites is 1. The molecule has 146 valence electrons. The minimum absolute atomic E-state index is 0.0742. The lowest BCUT2D eigenvalue weighted by Crippen LogP contribution is -2.45. The summed E-state index contributed by atoms with van der Waals surface area (Å²) in [6.45, 7) is 1.04. The van der Waals surface area contributed by atoms with Gasteiger partial charge in [-0.15, -0.1) is 0 Å². The van der Waals surface area contributed by atoms with E-state index < -0.39 is 0 Å². The van der Waals surface area contributed by atoms with Crippen molar-refractivity contribution in [3.63, 3.8) is 0 Å². The van der Waals surface area contributed by atoms with Crippen molar-refractivity contribution in [2.24, 2.45) is 11.8 Å². The summed E-state index contributed by atoms with van der Waals surface area (Å²) in [4.78, 5) is 28.0. The van der Waals surface area contributed by atoms with Gasteiger partial charge in [-0.2, -0.15) is 0 Å². The van der Waals surface area contributed by atoms with Crippen LogP contribution < -0.4 is 10.2 Å². The molecule has 1 N–H and O–H groups in total. The molecule has 2 aromatic rings. The average Bonchev–Trinajstić information content (AvgIpc) is 3.17. The van der Waals surface area contributed by atoms with E-state index in [0.29, 0.717) is 13.1 Å². The van der Waals surface area contributed by atoms with Gasteiger partial charge in [-0.05, 0) is 48.6 Å². The summed E-state index contributed by atoms with van der Waals surface area (Å²) in [6, 6.07) is 14.1. The van der Waals surface area contributed by atoms with Crippen molar-refractivity contribution < 1.29 is 14.0 Å². The van der Waals surface area contributed by atoms with Gasteiger partial charge in [0.05, 0.1) is 5.92 Å². The fourth-order valence-electron chi connectivity index (χ4n) is 4.43. The lowest BCUT2D eigenvalue weighted by Gasteiger charge is -2.32. The first kappa shape index (κ1) is 18.7. The maximum absolute atomic E-state index is 13.3. The number of carbonyl (C=O) groups excluding carboxylic acids is 2. The van der Waals surface area contributed by atoms with Crippen LogP contribution in [0.25, 0.3) is 0 Å². The second kappa shape index (κ2) is 8.13. The standard InChI is InChI=1S/C23H25FN2O2/c24-18-11-9-16(10-12-18)15-25-22(27)19-6-2-3-7-20(19)23(28)26-14-13-17-5-1-4-8-21(17)26/h1,4-5,8-12,19-20H,2-3,6-7,13-15H2,(H,25,27). The van der Waals surface area contributed by atoms with E-state index >= 15 is 0 Å². The largest absolute Gasteiger partial charge is 0.352 e. The second-order valence-electron chi connectivity index (χ2n) is 7.71. The van der Waals surface area contributed by atoms with Crippen molar-refractivity contribution in [2.45, 2.75) is 38.6 Å². The molecule has 28 heavy (non-hydrogen) atoms. The zero-order valence-corrected chi connectivity index (χ0v) is 15.9. The van der Waals surface area contributed by atoms with E-state index in [1.165, 1.54) is 17.7 Å². The van der Waals surface area contributed by atoms with Gasteiger partial charge in [0.25, 0.3) is 0 Å². The molecule has 0 aromatic heterocycles. The minimum Gasteiger partial charge on any atom is -0.352 e. The normalized spacial score (nSPS) is 21.2. The van der Waals surface area contributed by atoms with Crippen LogP contribution in [0.1, 0.15) is 36.8 Å². The Kier molecular flexibility index (Phi) is 5.42. The number of carbonyl (C=O) groups is 2. The first-order valence-electron chi connectivity index (χ1n) is 10.0. The van der Waals surface area contributed by atoms with Crippen LogP contribution in [0.4, 0.5) is 10.1 Å². The Morgan fingerprint density at radius 3 is 2.50 bits per heavy atom. The van der Waals surface area contributed by atoms with E-state index in [4.69, 9.17) is 0 Å². The smallest absolute Gasteiger partial charge is 0.230 e. The molecule has 1 fully saturated rings. The van der Waals surface area contributed by atoms with Crippen molar-refractivity contribution in [2.75, 3.05) is 11.4 Å². The highest BCUT2D eigenvalue weighted by atomic mass is 19.1. The second-order valence-corrected chi connectivity index (χ2v) is 7.71. The predicted octanol–water partition coefficient (Wildman–Crippen LogP) is 3.84. The van der Waals surface area contributed by atoms with E-state index in [1.54, 1.807) is 12.1 Å². The maximum Gasteiger partial charge on any atom is 0.230 e. The van der Waals surface area contributed by atoms with Gasteiger partial charge in [0.15, 0.2) is 0 Å². The van der Waals surface area contributed by atoms with Crippen molar-refractivity contribution in [1.82, 2.24) is 5.32 Å². The fraction of sp³-hybridized carbons (Fsp3) is 0.391. The van der Waals surface area contributed by atoms with E-state index in [-0.39, 0.29) is 29.5 Å². The topological polar surface area (TPSA) is 49.4 Å². The highest BCUT2D eigenvalue weighted by Gasteiger charge is 2.39. The Morgan fingerprint density at radius 1 is 1.00 bits per heavy atom. The molecule has 0 radical (unpaired) electrons. The number of benzene rings is 2. The van der Waals surface area contributed by atoms with Crippen LogP contribution in [0.5, 0.6) is 0 Å². The number of anilines is 1. The Bertz CT molecular complexity index is 865. The molecular weight excluding hydrogens is 355 g/mol. The van der Waals surface area contributed by atoms with Gasteiger partial charge >= 0.3 is 0 Å². The van der Waals surface area contributed by atoms with Crippen LogP contribution in [-0.4, -0.2) is 18.4 Å². The van der Waals surface area contributed by atoms with Crippen LogP contribution in [0, 0.1) is 17.7 Å². The summed E-state index contributed by atoms with van der Waals surface area (Å²) in [6.07, 6.45) is 4.31. The van der Waals surface area contributed by atoms with Gasteiger partial charge in [-0.1, -0.05) is 43.2 Å². The molecule has 1 aliphatic carbocycles. The molecule has 2 aliphatic rings. The summed E-state index contributed by atoms with van der Waals surface area (Å²) in [5.74, 6) is -0.858. The summed E-state index contributed by atoms with van der Waals surface area (Å²) in [5.41, 5.74) is 3.04. The summed E-state index contributed by atoms with van der Waals surface area (Å²) >= 11 is 0. The monoisotopic (exact) mass is 380 g/mol. The number of amides is 2. The van der Waals surface area contributed by atoms with Crippen LogP contribution in [0.2, 0.25) is 0 Å². The Hall–Kier alpha value is -2.69.